The molecule has 0 radical (unpaired) electrons. The SMILES string of the molecule is CCCCN1c2cccc(NC3CCCCC3)c2NC1C(C)C. The van der Waals surface area contributed by atoms with Crippen LogP contribution in [0.1, 0.15) is 65.7 Å². The van der Waals surface area contributed by atoms with Crippen LogP contribution in [-0.2, 0) is 0 Å². The van der Waals surface area contributed by atoms with Crippen molar-refractivity contribution in [3.05, 3.63) is 18.2 Å². The molecule has 0 saturated heterocycles. The van der Waals surface area contributed by atoms with E-state index in [1.54, 1.807) is 0 Å². The van der Waals surface area contributed by atoms with Crippen LogP contribution in [0.2, 0.25) is 0 Å². The van der Waals surface area contributed by atoms with Gasteiger partial charge in [-0.3, -0.25) is 0 Å². The van der Waals surface area contributed by atoms with Gasteiger partial charge < -0.3 is 15.5 Å². The van der Waals surface area contributed by atoms with Gasteiger partial charge in [-0.1, -0.05) is 52.5 Å². The average Bonchev–Trinajstić information content (AvgIpc) is 2.94. The van der Waals surface area contributed by atoms with E-state index in [0.29, 0.717) is 18.1 Å². The van der Waals surface area contributed by atoms with Gasteiger partial charge in [-0.15, -0.1) is 0 Å². The first-order valence-corrected chi connectivity index (χ1v) is 9.63. The number of unbranched alkanes of at least 4 members (excludes halogenated alkanes) is 1. The molecule has 0 spiro atoms. The van der Waals surface area contributed by atoms with Crippen LogP contribution in [0.25, 0.3) is 0 Å². The van der Waals surface area contributed by atoms with E-state index in [0.717, 1.165) is 6.54 Å². The average molecular weight is 316 g/mol. The molecule has 3 heteroatoms. The molecule has 128 valence electrons. The lowest BCUT2D eigenvalue weighted by molar-refractivity contribution is 0.463. The van der Waals surface area contributed by atoms with Gasteiger partial charge in [-0.05, 0) is 37.3 Å². The Morgan fingerprint density at radius 3 is 2.70 bits per heavy atom. The van der Waals surface area contributed by atoms with Crippen LogP contribution >= 0.6 is 0 Å². The largest absolute Gasteiger partial charge is 0.381 e. The zero-order valence-electron chi connectivity index (χ0n) is 15.1. The Labute approximate surface area is 141 Å². The third-order valence-electron chi connectivity index (χ3n) is 5.33. The fraction of sp³-hybridized carbons (Fsp3) is 0.700. The summed E-state index contributed by atoms with van der Waals surface area (Å²) in [6.45, 7) is 8.05. The number of benzene rings is 1. The third kappa shape index (κ3) is 3.59. The molecule has 1 aromatic rings. The van der Waals surface area contributed by atoms with Crippen LogP contribution in [0.15, 0.2) is 18.2 Å². The predicted octanol–water partition coefficient (Wildman–Crippen LogP) is 5.45. The van der Waals surface area contributed by atoms with Crippen molar-refractivity contribution in [1.29, 1.82) is 0 Å². The van der Waals surface area contributed by atoms with Gasteiger partial charge in [0.15, 0.2) is 0 Å². The zero-order chi connectivity index (χ0) is 16.2. The number of nitrogens with zero attached hydrogens (tertiary/aromatic N) is 1. The van der Waals surface area contributed by atoms with E-state index in [9.17, 15) is 0 Å². The van der Waals surface area contributed by atoms with Gasteiger partial charge in [0.25, 0.3) is 0 Å². The maximum absolute atomic E-state index is 3.83. The second kappa shape index (κ2) is 7.46. The van der Waals surface area contributed by atoms with E-state index in [-0.39, 0.29) is 0 Å². The van der Waals surface area contributed by atoms with E-state index < -0.39 is 0 Å². The first kappa shape index (κ1) is 16.5. The smallest absolute Gasteiger partial charge is 0.101 e. The number of para-hydroxylation sites is 1. The van der Waals surface area contributed by atoms with Crippen molar-refractivity contribution in [2.24, 2.45) is 5.92 Å². The Bertz CT molecular complexity index is 506. The summed E-state index contributed by atoms with van der Waals surface area (Å²) in [4.78, 5) is 2.58. The zero-order valence-corrected chi connectivity index (χ0v) is 15.1. The van der Waals surface area contributed by atoms with Crippen molar-refractivity contribution < 1.29 is 0 Å². The van der Waals surface area contributed by atoms with Gasteiger partial charge in [0.05, 0.1) is 17.1 Å². The molecule has 2 N–H and O–H groups in total. The normalized spacial score (nSPS) is 21.4. The van der Waals surface area contributed by atoms with Crippen LogP contribution in [0.4, 0.5) is 17.1 Å². The predicted molar refractivity (Wildman–Crippen MR) is 101 cm³/mol. The van der Waals surface area contributed by atoms with Gasteiger partial charge >= 0.3 is 0 Å². The van der Waals surface area contributed by atoms with Crippen LogP contribution < -0.4 is 15.5 Å². The van der Waals surface area contributed by atoms with Crippen molar-refractivity contribution in [3.63, 3.8) is 0 Å². The van der Waals surface area contributed by atoms with Crippen molar-refractivity contribution in [1.82, 2.24) is 0 Å². The Hall–Kier alpha value is -1.38. The van der Waals surface area contributed by atoms with Crippen molar-refractivity contribution >= 4 is 17.1 Å². The highest BCUT2D eigenvalue weighted by Crippen LogP contribution is 2.42. The van der Waals surface area contributed by atoms with Crippen LogP contribution in [0.3, 0.4) is 0 Å². The van der Waals surface area contributed by atoms with Gasteiger partial charge in [0, 0.05) is 12.6 Å². The second-order valence-corrected chi connectivity index (χ2v) is 7.56. The number of nitrogens with one attached hydrogen (secondary N) is 2. The maximum atomic E-state index is 3.83. The highest BCUT2D eigenvalue weighted by Gasteiger charge is 2.32. The lowest BCUT2D eigenvalue weighted by Crippen LogP contribution is -2.40. The minimum Gasteiger partial charge on any atom is -0.381 e. The number of fused-ring (bicyclic) bond motifs is 1. The van der Waals surface area contributed by atoms with Crippen molar-refractivity contribution in [2.45, 2.75) is 77.9 Å². The minimum absolute atomic E-state index is 0.422. The molecule has 1 aromatic carbocycles. The highest BCUT2D eigenvalue weighted by molar-refractivity contribution is 5.87. The molecule has 0 bridgehead atoms. The Balaban J connectivity index is 1.81. The standard InChI is InChI=1S/C20H33N3/c1-4-5-14-23-18-13-9-12-17(19(18)22-20(23)15(2)3)21-16-10-7-6-8-11-16/h9,12-13,15-16,20-22H,4-8,10-11,14H2,1-3H3. The fourth-order valence-electron chi connectivity index (χ4n) is 4.01. The van der Waals surface area contributed by atoms with E-state index in [1.165, 1.54) is 62.0 Å². The summed E-state index contributed by atoms with van der Waals surface area (Å²) >= 11 is 0. The van der Waals surface area contributed by atoms with E-state index >= 15 is 0 Å². The van der Waals surface area contributed by atoms with Gasteiger partial charge in [-0.25, -0.2) is 0 Å². The molecule has 2 aliphatic rings. The minimum atomic E-state index is 0.422. The highest BCUT2D eigenvalue weighted by atomic mass is 15.3. The summed E-state index contributed by atoms with van der Waals surface area (Å²) in [6, 6.07) is 7.40. The molecule has 23 heavy (non-hydrogen) atoms. The molecule has 3 nitrogen and oxygen atoms in total. The van der Waals surface area contributed by atoms with Crippen LogP contribution in [0.5, 0.6) is 0 Å². The number of hydrogen-bond acceptors (Lipinski definition) is 3. The van der Waals surface area contributed by atoms with Crippen molar-refractivity contribution in [2.75, 3.05) is 22.1 Å². The Kier molecular flexibility index (Phi) is 5.34. The summed E-state index contributed by atoms with van der Waals surface area (Å²) < 4.78 is 0. The lowest BCUT2D eigenvalue weighted by atomic mass is 9.95. The van der Waals surface area contributed by atoms with Gasteiger partial charge in [0.1, 0.15) is 6.17 Å². The third-order valence-corrected chi connectivity index (χ3v) is 5.33. The van der Waals surface area contributed by atoms with E-state index in [4.69, 9.17) is 0 Å². The molecule has 1 heterocycles. The molecule has 1 saturated carbocycles. The first-order valence-electron chi connectivity index (χ1n) is 9.63. The topological polar surface area (TPSA) is 27.3 Å². The van der Waals surface area contributed by atoms with Gasteiger partial charge in [0.2, 0.25) is 0 Å². The Morgan fingerprint density at radius 2 is 2.00 bits per heavy atom. The first-order chi connectivity index (χ1) is 11.2. The molecule has 0 aromatic heterocycles. The summed E-state index contributed by atoms with van der Waals surface area (Å²) in [5, 5.41) is 7.64. The Morgan fingerprint density at radius 1 is 1.22 bits per heavy atom. The molecule has 1 aliphatic heterocycles. The summed E-state index contributed by atoms with van der Waals surface area (Å²) in [5.74, 6) is 0.599. The molecular weight excluding hydrogens is 282 g/mol. The number of rotatable bonds is 6. The van der Waals surface area contributed by atoms with E-state index in [1.807, 2.05) is 0 Å². The summed E-state index contributed by atoms with van der Waals surface area (Å²) in [6.07, 6.45) is 9.71. The molecule has 1 atom stereocenters. The summed E-state index contributed by atoms with van der Waals surface area (Å²) in [7, 11) is 0. The second-order valence-electron chi connectivity index (χ2n) is 7.56. The quantitative estimate of drug-likeness (QED) is 0.731. The molecule has 1 unspecified atom stereocenters. The molecule has 3 rings (SSSR count). The van der Waals surface area contributed by atoms with Crippen LogP contribution in [-0.4, -0.2) is 18.8 Å². The number of anilines is 3. The maximum Gasteiger partial charge on any atom is 0.101 e. The van der Waals surface area contributed by atoms with Crippen molar-refractivity contribution in [3.8, 4) is 0 Å². The number of hydrogen-bond donors (Lipinski definition) is 2. The molecule has 1 fully saturated rings. The lowest BCUT2D eigenvalue weighted by Gasteiger charge is -2.29. The summed E-state index contributed by atoms with van der Waals surface area (Å²) in [5.41, 5.74) is 4.02. The van der Waals surface area contributed by atoms with Crippen LogP contribution in [0, 0.1) is 5.92 Å². The monoisotopic (exact) mass is 315 g/mol. The van der Waals surface area contributed by atoms with Gasteiger partial charge in [-0.2, -0.15) is 0 Å². The molecular formula is C20H33N3. The fourth-order valence-corrected chi connectivity index (χ4v) is 4.01. The van der Waals surface area contributed by atoms with E-state index in [2.05, 4.69) is 54.5 Å². The molecule has 1 aliphatic carbocycles. The molecule has 0 amide bonds.